The summed E-state index contributed by atoms with van der Waals surface area (Å²) < 4.78 is 5.34. The Hall–Kier alpha value is -3.25. The molecule has 3 heterocycles. The molecule has 0 aliphatic carbocycles. The Kier molecular flexibility index (Phi) is 5.04. The highest BCUT2D eigenvalue weighted by Gasteiger charge is 2.19. The Labute approximate surface area is 163 Å². The summed E-state index contributed by atoms with van der Waals surface area (Å²) in [6.07, 6.45) is 5.47. The Bertz CT molecular complexity index is 1060. The molecule has 1 aromatic carbocycles. The molecule has 6 nitrogen and oxygen atoms in total. The van der Waals surface area contributed by atoms with Crippen molar-refractivity contribution in [1.82, 2.24) is 20.1 Å². The van der Waals surface area contributed by atoms with Gasteiger partial charge in [0.2, 0.25) is 0 Å². The molecule has 1 amide bonds. The van der Waals surface area contributed by atoms with E-state index in [1.54, 1.807) is 12.3 Å². The highest BCUT2D eigenvalue weighted by atomic mass is 16.5. The third kappa shape index (κ3) is 3.46. The van der Waals surface area contributed by atoms with E-state index in [4.69, 9.17) is 4.74 Å². The number of rotatable bonds is 4. The molecule has 3 aromatic rings. The van der Waals surface area contributed by atoms with Gasteiger partial charge in [0.05, 0.1) is 18.9 Å². The van der Waals surface area contributed by atoms with E-state index in [0.717, 1.165) is 27.8 Å². The van der Waals surface area contributed by atoms with Crippen LogP contribution in [0.15, 0.2) is 55.3 Å². The lowest BCUT2D eigenvalue weighted by molar-refractivity contribution is 0.0303. The van der Waals surface area contributed by atoms with E-state index in [1.807, 2.05) is 42.2 Å². The van der Waals surface area contributed by atoms with Crippen LogP contribution in [-0.4, -0.2) is 52.3 Å². The molecular formula is C22H22N4O2. The minimum Gasteiger partial charge on any atom is -0.378 e. The number of allylic oxidation sites excluding steroid dienone is 3. The lowest BCUT2D eigenvalue weighted by Crippen LogP contribution is -2.40. The number of carbonyl (C=O) groups is 1. The van der Waals surface area contributed by atoms with Gasteiger partial charge in [0.15, 0.2) is 5.65 Å². The normalized spacial score (nSPS) is 15.0. The molecule has 0 radical (unpaired) electrons. The SMILES string of the molecule is C=C/C=C(\C)c1[nH]nc2ncc(-c3cccc(C(=O)N4CCOCC4)c3)cc12. The van der Waals surface area contributed by atoms with Crippen molar-refractivity contribution in [2.24, 2.45) is 0 Å². The van der Waals surface area contributed by atoms with Crippen LogP contribution in [0.25, 0.3) is 27.7 Å². The molecule has 0 bridgehead atoms. The highest BCUT2D eigenvalue weighted by molar-refractivity contribution is 5.96. The zero-order valence-electron chi connectivity index (χ0n) is 15.8. The number of aromatic nitrogens is 3. The lowest BCUT2D eigenvalue weighted by atomic mass is 10.0. The number of nitrogens with one attached hydrogen (secondary N) is 1. The summed E-state index contributed by atoms with van der Waals surface area (Å²) in [4.78, 5) is 19.1. The number of ether oxygens (including phenoxy) is 1. The fourth-order valence-corrected chi connectivity index (χ4v) is 3.40. The Balaban J connectivity index is 1.70. The van der Waals surface area contributed by atoms with Gasteiger partial charge >= 0.3 is 0 Å². The second kappa shape index (κ2) is 7.78. The van der Waals surface area contributed by atoms with Gasteiger partial charge < -0.3 is 9.64 Å². The van der Waals surface area contributed by atoms with Gasteiger partial charge in [0.1, 0.15) is 0 Å². The monoisotopic (exact) mass is 374 g/mol. The van der Waals surface area contributed by atoms with Gasteiger partial charge in [-0.05, 0) is 36.3 Å². The van der Waals surface area contributed by atoms with E-state index < -0.39 is 0 Å². The molecule has 28 heavy (non-hydrogen) atoms. The lowest BCUT2D eigenvalue weighted by Gasteiger charge is -2.27. The van der Waals surface area contributed by atoms with Crippen molar-refractivity contribution >= 4 is 22.5 Å². The summed E-state index contributed by atoms with van der Waals surface area (Å²) in [6.45, 7) is 8.19. The molecule has 0 spiro atoms. The second-order valence-corrected chi connectivity index (χ2v) is 6.76. The van der Waals surface area contributed by atoms with Crippen LogP contribution in [-0.2, 0) is 4.74 Å². The standard InChI is InChI=1S/C22H22N4O2/c1-3-5-15(2)20-19-13-18(14-23-21(19)25-24-20)16-6-4-7-17(12-16)22(27)26-8-10-28-11-9-26/h3-7,12-14H,1,8-11H2,2H3,(H,23,24,25)/b15-5+. The summed E-state index contributed by atoms with van der Waals surface area (Å²) >= 11 is 0. The zero-order valence-corrected chi connectivity index (χ0v) is 15.8. The van der Waals surface area contributed by atoms with Crippen LogP contribution < -0.4 is 0 Å². The molecule has 2 aromatic heterocycles. The van der Waals surface area contributed by atoms with Crippen LogP contribution in [0.1, 0.15) is 23.0 Å². The fraction of sp³-hybridized carbons (Fsp3) is 0.227. The Morgan fingerprint density at radius 1 is 1.25 bits per heavy atom. The van der Waals surface area contributed by atoms with Crippen molar-refractivity contribution in [3.8, 4) is 11.1 Å². The summed E-state index contributed by atoms with van der Waals surface area (Å²) in [5.41, 5.74) is 5.19. The summed E-state index contributed by atoms with van der Waals surface area (Å²) in [7, 11) is 0. The number of nitrogens with zero attached hydrogens (tertiary/aromatic N) is 3. The molecule has 1 aliphatic rings. The van der Waals surface area contributed by atoms with Crippen molar-refractivity contribution in [3.63, 3.8) is 0 Å². The summed E-state index contributed by atoms with van der Waals surface area (Å²) in [6, 6.07) is 9.73. The van der Waals surface area contributed by atoms with E-state index in [1.165, 1.54) is 0 Å². The van der Waals surface area contributed by atoms with E-state index in [-0.39, 0.29) is 5.91 Å². The van der Waals surface area contributed by atoms with Gasteiger partial charge in [0.25, 0.3) is 5.91 Å². The average molecular weight is 374 g/mol. The predicted molar refractivity (Wildman–Crippen MR) is 110 cm³/mol. The summed E-state index contributed by atoms with van der Waals surface area (Å²) in [5.74, 6) is 0.0351. The van der Waals surface area contributed by atoms with Gasteiger partial charge in [-0.1, -0.05) is 30.9 Å². The van der Waals surface area contributed by atoms with Crippen LogP contribution >= 0.6 is 0 Å². The van der Waals surface area contributed by atoms with Crippen molar-refractivity contribution in [2.45, 2.75) is 6.92 Å². The number of carbonyl (C=O) groups excluding carboxylic acids is 1. The molecule has 0 atom stereocenters. The maximum Gasteiger partial charge on any atom is 0.254 e. The number of aromatic amines is 1. The van der Waals surface area contributed by atoms with E-state index in [0.29, 0.717) is 37.5 Å². The molecule has 1 N–H and O–H groups in total. The molecule has 142 valence electrons. The number of benzene rings is 1. The third-order valence-electron chi connectivity index (χ3n) is 4.91. The first-order chi connectivity index (χ1) is 13.7. The average Bonchev–Trinajstić information content (AvgIpc) is 3.17. The molecule has 1 saturated heterocycles. The number of hydrogen-bond acceptors (Lipinski definition) is 4. The number of morpholine rings is 1. The van der Waals surface area contributed by atoms with Gasteiger partial charge in [-0.15, -0.1) is 0 Å². The number of H-pyrrole nitrogens is 1. The van der Waals surface area contributed by atoms with Gasteiger partial charge in [0, 0.05) is 35.8 Å². The van der Waals surface area contributed by atoms with Crippen LogP contribution in [0, 0.1) is 0 Å². The van der Waals surface area contributed by atoms with Gasteiger partial charge in [-0.25, -0.2) is 4.98 Å². The largest absolute Gasteiger partial charge is 0.378 e. The van der Waals surface area contributed by atoms with Crippen LogP contribution in [0.3, 0.4) is 0 Å². The Morgan fingerprint density at radius 2 is 2.07 bits per heavy atom. The quantitative estimate of drug-likeness (QED) is 0.707. The topological polar surface area (TPSA) is 71.1 Å². The van der Waals surface area contributed by atoms with Crippen LogP contribution in [0.2, 0.25) is 0 Å². The zero-order chi connectivity index (χ0) is 19.5. The van der Waals surface area contributed by atoms with Gasteiger partial charge in [-0.3, -0.25) is 9.89 Å². The third-order valence-corrected chi connectivity index (χ3v) is 4.91. The van der Waals surface area contributed by atoms with E-state index in [2.05, 4.69) is 27.8 Å². The highest BCUT2D eigenvalue weighted by Crippen LogP contribution is 2.27. The van der Waals surface area contributed by atoms with Crippen LogP contribution in [0.4, 0.5) is 0 Å². The van der Waals surface area contributed by atoms with Crippen molar-refractivity contribution in [3.05, 3.63) is 66.5 Å². The molecule has 1 aliphatic heterocycles. The minimum absolute atomic E-state index is 0.0351. The first-order valence-corrected chi connectivity index (χ1v) is 9.28. The van der Waals surface area contributed by atoms with E-state index in [9.17, 15) is 4.79 Å². The van der Waals surface area contributed by atoms with Gasteiger partial charge in [-0.2, -0.15) is 5.10 Å². The van der Waals surface area contributed by atoms with Crippen molar-refractivity contribution < 1.29 is 9.53 Å². The number of hydrogen-bond donors (Lipinski definition) is 1. The maximum atomic E-state index is 12.8. The predicted octanol–water partition coefficient (Wildman–Crippen LogP) is 3.69. The van der Waals surface area contributed by atoms with Crippen LogP contribution in [0.5, 0.6) is 0 Å². The molecule has 0 saturated carbocycles. The number of fused-ring (bicyclic) bond motifs is 1. The number of amides is 1. The first kappa shape index (κ1) is 18.1. The molecule has 1 fully saturated rings. The van der Waals surface area contributed by atoms with Crippen molar-refractivity contribution in [1.29, 1.82) is 0 Å². The second-order valence-electron chi connectivity index (χ2n) is 6.76. The van der Waals surface area contributed by atoms with E-state index >= 15 is 0 Å². The number of pyridine rings is 1. The molecule has 4 rings (SSSR count). The smallest absolute Gasteiger partial charge is 0.254 e. The van der Waals surface area contributed by atoms with Crippen molar-refractivity contribution in [2.75, 3.05) is 26.3 Å². The minimum atomic E-state index is 0.0351. The molecule has 0 unspecified atom stereocenters. The Morgan fingerprint density at radius 3 is 2.86 bits per heavy atom. The molecular weight excluding hydrogens is 352 g/mol. The molecule has 6 heteroatoms. The first-order valence-electron chi connectivity index (χ1n) is 9.28. The maximum absolute atomic E-state index is 12.8. The summed E-state index contributed by atoms with van der Waals surface area (Å²) in [5, 5.41) is 8.27. The fourth-order valence-electron chi connectivity index (χ4n) is 3.40.